The van der Waals surface area contributed by atoms with E-state index >= 15 is 0 Å². The van der Waals surface area contributed by atoms with Crippen LogP contribution in [-0.4, -0.2) is 116 Å². The number of nitrogens with one attached hydrogen (secondary N) is 7. The third kappa shape index (κ3) is 17.1. The number of rotatable bonds is 26. The molecule has 59 heavy (non-hydrogen) atoms. The van der Waals surface area contributed by atoms with Crippen LogP contribution in [0.25, 0.3) is 10.9 Å². The summed E-state index contributed by atoms with van der Waals surface area (Å²) in [5.74, 6) is -3.46. The van der Waals surface area contributed by atoms with Crippen LogP contribution in [-0.2, 0) is 62.7 Å². The Hall–Kier alpha value is -6.05. The number of carboxylic acid groups (broad SMARTS) is 1. The van der Waals surface area contributed by atoms with Crippen molar-refractivity contribution in [3.63, 3.8) is 0 Å². The zero-order valence-electron chi connectivity index (χ0n) is 33.9. The highest BCUT2D eigenvalue weighted by Crippen LogP contribution is 2.20. The average Bonchev–Trinajstić information content (AvgIpc) is 3.56. The number of aryl methyl sites for hydroxylation is 1. The van der Waals surface area contributed by atoms with E-state index in [9.17, 15) is 38.7 Å². The van der Waals surface area contributed by atoms with Gasteiger partial charge < -0.3 is 61.1 Å². The van der Waals surface area contributed by atoms with E-state index in [2.05, 4.69) is 43.3 Å². The molecule has 0 aliphatic rings. The van der Waals surface area contributed by atoms with Crippen molar-refractivity contribution in [2.24, 2.45) is 0 Å². The number of benzene rings is 2. The molecule has 1 aromatic heterocycles. The molecule has 2 aromatic carbocycles. The number of carboxylic acids is 1. The second-order valence-corrected chi connectivity index (χ2v) is 13.5. The average molecular weight is 825 g/mol. The summed E-state index contributed by atoms with van der Waals surface area (Å²) in [5.41, 5.74) is 3.19. The van der Waals surface area contributed by atoms with Gasteiger partial charge in [0, 0.05) is 62.8 Å². The maximum atomic E-state index is 12.9. The highest BCUT2D eigenvalue weighted by molar-refractivity contribution is 5.98. The lowest BCUT2D eigenvalue weighted by Gasteiger charge is -2.19. The van der Waals surface area contributed by atoms with Crippen LogP contribution in [0.15, 0.2) is 54.6 Å². The molecule has 0 unspecified atom stereocenters. The van der Waals surface area contributed by atoms with Crippen LogP contribution in [0, 0.1) is 0 Å². The molecule has 3 aromatic rings. The molecule has 6 amide bonds. The first kappa shape index (κ1) is 47.3. The SMILES string of the molecule is CNCc1cc2ccccc2n1CCC(=O)N[C@@H](CCC(=O)O)C(=O)NCCOCCOCCC(=O)N[C@@H](C)C(=O)N[C@@H](C)C(=O)Nc1ccc(COC(=O)NC)cc1. The van der Waals surface area contributed by atoms with Crippen LogP contribution in [0.4, 0.5) is 10.5 Å². The van der Waals surface area contributed by atoms with Crippen molar-refractivity contribution in [1.29, 1.82) is 0 Å². The van der Waals surface area contributed by atoms with Gasteiger partial charge in [0.1, 0.15) is 24.7 Å². The van der Waals surface area contributed by atoms with Crippen LogP contribution < -0.4 is 37.2 Å². The number of anilines is 1. The number of aromatic nitrogens is 1. The van der Waals surface area contributed by atoms with Gasteiger partial charge in [-0.3, -0.25) is 28.8 Å². The van der Waals surface area contributed by atoms with E-state index in [1.165, 1.54) is 20.9 Å². The van der Waals surface area contributed by atoms with Gasteiger partial charge in [-0.25, -0.2) is 4.79 Å². The van der Waals surface area contributed by atoms with Gasteiger partial charge in [0.2, 0.25) is 29.5 Å². The molecule has 19 heteroatoms. The second kappa shape index (κ2) is 25.3. The Kier molecular flexibility index (Phi) is 20.3. The number of carbonyl (C=O) groups excluding carboxylic acids is 6. The van der Waals surface area contributed by atoms with E-state index in [-0.39, 0.29) is 71.2 Å². The third-order valence-electron chi connectivity index (χ3n) is 8.82. The number of para-hydroxylation sites is 1. The third-order valence-corrected chi connectivity index (χ3v) is 8.82. The monoisotopic (exact) mass is 824 g/mol. The van der Waals surface area contributed by atoms with Crippen molar-refractivity contribution in [3.8, 4) is 0 Å². The first-order valence-corrected chi connectivity index (χ1v) is 19.3. The van der Waals surface area contributed by atoms with Crippen molar-refractivity contribution < 1.29 is 52.9 Å². The minimum atomic E-state index is -1.09. The van der Waals surface area contributed by atoms with E-state index in [4.69, 9.17) is 14.2 Å². The van der Waals surface area contributed by atoms with Gasteiger partial charge in [-0.15, -0.1) is 0 Å². The summed E-state index contributed by atoms with van der Waals surface area (Å²) in [6.07, 6.45) is -0.890. The predicted molar refractivity (Wildman–Crippen MR) is 217 cm³/mol. The molecule has 0 fully saturated rings. The van der Waals surface area contributed by atoms with E-state index in [0.717, 1.165) is 22.2 Å². The van der Waals surface area contributed by atoms with E-state index < -0.39 is 53.8 Å². The summed E-state index contributed by atoms with van der Waals surface area (Å²) in [4.78, 5) is 85.8. The van der Waals surface area contributed by atoms with Crippen LogP contribution in [0.5, 0.6) is 0 Å². The zero-order valence-corrected chi connectivity index (χ0v) is 33.9. The fraction of sp³-hybridized carbons (Fsp3) is 0.475. The number of amides is 6. The van der Waals surface area contributed by atoms with E-state index in [0.29, 0.717) is 18.8 Å². The Morgan fingerprint density at radius 1 is 0.746 bits per heavy atom. The molecule has 0 bridgehead atoms. The molecule has 1 heterocycles. The number of alkyl carbamates (subject to hydrolysis) is 1. The second-order valence-electron chi connectivity index (χ2n) is 13.5. The van der Waals surface area contributed by atoms with Crippen molar-refractivity contribution >= 4 is 58.2 Å². The van der Waals surface area contributed by atoms with Gasteiger partial charge in [-0.2, -0.15) is 0 Å². The molecule has 19 nitrogen and oxygen atoms in total. The quantitative estimate of drug-likeness (QED) is 0.0531. The Morgan fingerprint density at radius 3 is 2.12 bits per heavy atom. The van der Waals surface area contributed by atoms with Crippen LogP contribution in [0.1, 0.15) is 50.8 Å². The fourth-order valence-corrected chi connectivity index (χ4v) is 5.67. The Balaban J connectivity index is 1.28. The van der Waals surface area contributed by atoms with Crippen molar-refractivity contribution in [1.82, 2.24) is 36.5 Å². The Labute approximate surface area is 342 Å². The van der Waals surface area contributed by atoms with Gasteiger partial charge in [0.05, 0.1) is 26.4 Å². The number of ether oxygens (including phenoxy) is 3. The van der Waals surface area contributed by atoms with Crippen LogP contribution in [0.3, 0.4) is 0 Å². The first-order valence-electron chi connectivity index (χ1n) is 19.3. The highest BCUT2D eigenvalue weighted by atomic mass is 16.5. The summed E-state index contributed by atoms with van der Waals surface area (Å²) >= 11 is 0. The smallest absolute Gasteiger partial charge is 0.407 e. The van der Waals surface area contributed by atoms with Crippen LogP contribution >= 0.6 is 0 Å². The minimum Gasteiger partial charge on any atom is -0.481 e. The molecule has 0 spiro atoms. The molecule has 8 N–H and O–H groups in total. The molecule has 0 aliphatic heterocycles. The Morgan fingerprint density at radius 2 is 1.42 bits per heavy atom. The van der Waals surface area contributed by atoms with E-state index in [1.54, 1.807) is 24.3 Å². The Bertz CT molecular complexity index is 1870. The highest BCUT2D eigenvalue weighted by Gasteiger charge is 2.23. The van der Waals surface area contributed by atoms with Crippen molar-refractivity contribution in [3.05, 3.63) is 65.9 Å². The fourth-order valence-electron chi connectivity index (χ4n) is 5.67. The van der Waals surface area contributed by atoms with Crippen molar-refractivity contribution in [2.75, 3.05) is 52.4 Å². The van der Waals surface area contributed by atoms with Gasteiger partial charge >= 0.3 is 12.1 Å². The topological polar surface area (TPSA) is 257 Å². The van der Waals surface area contributed by atoms with Gasteiger partial charge in [-0.1, -0.05) is 30.3 Å². The molecule has 0 saturated carbocycles. The maximum absolute atomic E-state index is 12.9. The van der Waals surface area contributed by atoms with Crippen LogP contribution in [0.2, 0.25) is 0 Å². The molecule has 322 valence electrons. The van der Waals surface area contributed by atoms with Gasteiger partial charge in [-0.05, 0) is 62.5 Å². The number of fused-ring (bicyclic) bond motifs is 1. The first-order chi connectivity index (χ1) is 28.3. The maximum Gasteiger partial charge on any atom is 0.407 e. The number of hydrogen-bond acceptors (Lipinski definition) is 11. The summed E-state index contributed by atoms with van der Waals surface area (Å²) in [5, 5.41) is 28.9. The number of aliphatic carboxylic acids is 1. The standard InChI is InChI=1S/C40H56N8O11/c1-26(37(53)45-27(2)38(54)46-30-11-9-28(10-12-30)25-59-40(56)42-4)44-35(50)16-19-57-21-22-58-20-17-43-39(55)32(13-14-36(51)52)47-34(49)15-18-48-31(24-41-3)23-29-7-5-6-8-33(29)48/h5-12,23,26-27,32,41H,13-22,24-25H2,1-4H3,(H,42,56)(H,43,55)(H,44,50)(H,45,53)(H,46,54)(H,47,49)(H,51,52)/t26-,27-,32-/m0/s1. The van der Waals surface area contributed by atoms with Crippen molar-refractivity contribution in [2.45, 2.75) is 77.4 Å². The largest absolute Gasteiger partial charge is 0.481 e. The molecule has 0 saturated heterocycles. The summed E-state index contributed by atoms with van der Waals surface area (Å²) in [6.45, 7) is 4.64. The lowest BCUT2D eigenvalue weighted by molar-refractivity contribution is -0.138. The molecular formula is C40H56N8O11. The molecule has 3 atom stereocenters. The summed E-state index contributed by atoms with van der Waals surface area (Å²) in [7, 11) is 3.29. The molecule has 0 aliphatic carbocycles. The minimum absolute atomic E-state index is 0.0313. The molecular weight excluding hydrogens is 768 g/mol. The van der Waals surface area contributed by atoms with Gasteiger partial charge in [0.25, 0.3) is 0 Å². The van der Waals surface area contributed by atoms with Gasteiger partial charge in [0.15, 0.2) is 0 Å². The van der Waals surface area contributed by atoms with E-state index in [1.807, 2.05) is 35.9 Å². The number of hydrogen-bond donors (Lipinski definition) is 8. The number of nitrogens with zero attached hydrogens (tertiary/aromatic N) is 1. The lowest BCUT2D eigenvalue weighted by Crippen LogP contribution is -2.50. The zero-order chi connectivity index (χ0) is 43.2. The molecule has 3 rings (SSSR count). The lowest BCUT2D eigenvalue weighted by atomic mass is 10.1. The summed E-state index contributed by atoms with van der Waals surface area (Å²) in [6, 6.07) is 13.7. The normalized spacial score (nSPS) is 12.4. The predicted octanol–water partition coefficient (Wildman–Crippen LogP) is 1.14. The molecule has 0 radical (unpaired) electrons. The summed E-state index contributed by atoms with van der Waals surface area (Å²) < 4.78 is 17.9. The number of carbonyl (C=O) groups is 7.